The van der Waals surface area contributed by atoms with Crippen molar-refractivity contribution in [2.45, 2.75) is 121 Å². The Morgan fingerprint density at radius 2 is 1.53 bits per heavy atom. The van der Waals surface area contributed by atoms with Crippen LogP contribution in [0.3, 0.4) is 0 Å². The highest BCUT2D eigenvalue weighted by atomic mass is 32.1. The first-order valence-corrected chi connectivity index (χ1v) is 19.2. The van der Waals surface area contributed by atoms with Crippen LogP contribution in [0.4, 0.5) is 0 Å². The molecule has 1 aliphatic rings. The number of hydrogen-bond donors (Lipinski definition) is 1. The van der Waals surface area contributed by atoms with Crippen LogP contribution in [0.25, 0.3) is 5.65 Å². The first-order chi connectivity index (χ1) is 15.5. The molecule has 0 bridgehead atoms. The molecular weight excluding hydrogens is 477 g/mol. The molecule has 34 heavy (non-hydrogen) atoms. The molecule has 1 saturated carbocycles. The summed E-state index contributed by atoms with van der Waals surface area (Å²) in [6.45, 7) is 23.5. The van der Waals surface area contributed by atoms with Gasteiger partial charge < -0.3 is 8.85 Å². The van der Waals surface area contributed by atoms with Crippen LogP contribution < -0.4 is 4.43 Å². The van der Waals surface area contributed by atoms with Gasteiger partial charge in [0.1, 0.15) is 5.82 Å². The second-order valence-electron chi connectivity index (χ2n) is 13.1. The molecule has 0 unspecified atom stereocenters. The minimum atomic E-state index is -2.10. The molecule has 2 heterocycles. The van der Waals surface area contributed by atoms with Crippen molar-refractivity contribution in [3.63, 3.8) is 0 Å². The number of nitrogens with zero attached hydrogens (tertiary/aromatic N) is 4. The maximum atomic E-state index is 6.84. The zero-order chi connectivity index (χ0) is 25.6. The van der Waals surface area contributed by atoms with E-state index >= 15 is 0 Å². The van der Waals surface area contributed by atoms with Crippen LogP contribution in [-0.2, 0) is 15.6 Å². The van der Waals surface area contributed by atoms with Crippen molar-refractivity contribution in [3.8, 4) is 6.01 Å². The molecule has 0 atom stereocenters. The van der Waals surface area contributed by atoms with Gasteiger partial charge in [0, 0.05) is 17.6 Å². The van der Waals surface area contributed by atoms with E-state index in [1.54, 1.807) is 0 Å². The Bertz CT molecular complexity index is 1000. The summed E-state index contributed by atoms with van der Waals surface area (Å²) in [4.78, 5) is 9.64. The van der Waals surface area contributed by atoms with E-state index in [-0.39, 0.29) is 15.5 Å². The van der Waals surface area contributed by atoms with Crippen LogP contribution in [0.15, 0.2) is 6.20 Å². The van der Waals surface area contributed by atoms with Gasteiger partial charge in [0.2, 0.25) is 0 Å². The fourth-order valence-electron chi connectivity index (χ4n) is 4.04. The van der Waals surface area contributed by atoms with Crippen molar-refractivity contribution in [2.75, 3.05) is 6.61 Å². The lowest BCUT2D eigenvalue weighted by Crippen LogP contribution is -2.46. The van der Waals surface area contributed by atoms with Gasteiger partial charge in [0.25, 0.3) is 8.32 Å². The van der Waals surface area contributed by atoms with Crippen molar-refractivity contribution >= 4 is 34.9 Å². The largest absolute Gasteiger partial charge is 0.517 e. The van der Waals surface area contributed by atoms with Crippen molar-refractivity contribution in [1.82, 2.24) is 19.6 Å². The summed E-state index contributed by atoms with van der Waals surface area (Å²) in [7, 11) is -3.99. The van der Waals surface area contributed by atoms with Gasteiger partial charge in [0.05, 0.1) is 11.9 Å². The van der Waals surface area contributed by atoms with Crippen LogP contribution in [0.1, 0.15) is 85.0 Å². The monoisotopic (exact) mass is 522 g/mol. The van der Waals surface area contributed by atoms with Gasteiger partial charge in [-0.05, 0) is 49.1 Å². The Balaban J connectivity index is 2.09. The summed E-state index contributed by atoms with van der Waals surface area (Å²) in [5.41, 5.74) is 1.95. The molecular formula is C25H46N4O2SSi2. The summed E-state index contributed by atoms with van der Waals surface area (Å²) < 4.78 is 15.3. The van der Waals surface area contributed by atoms with Crippen molar-refractivity contribution in [2.24, 2.45) is 0 Å². The Kier molecular flexibility index (Phi) is 7.75. The maximum Gasteiger partial charge on any atom is 0.307 e. The third-order valence-electron chi connectivity index (χ3n) is 8.58. The average Bonchev–Trinajstić information content (AvgIpc) is 3.16. The minimum absolute atomic E-state index is 0.0585. The van der Waals surface area contributed by atoms with Gasteiger partial charge >= 0.3 is 6.01 Å². The lowest BCUT2D eigenvalue weighted by atomic mass is 9.71. The number of aromatic nitrogens is 4. The van der Waals surface area contributed by atoms with Gasteiger partial charge in [-0.3, -0.25) is 0 Å². The molecule has 0 aromatic carbocycles. The van der Waals surface area contributed by atoms with Gasteiger partial charge in [-0.2, -0.15) is 27.2 Å². The molecule has 0 saturated heterocycles. The first kappa shape index (κ1) is 27.7. The van der Waals surface area contributed by atoms with E-state index in [4.69, 9.17) is 23.9 Å². The normalized spacial score (nSPS) is 17.9. The van der Waals surface area contributed by atoms with Crippen LogP contribution in [0.2, 0.25) is 36.3 Å². The van der Waals surface area contributed by atoms with Gasteiger partial charge in [-0.15, -0.1) is 0 Å². The third kappa shape index (κ3) is 5.42. The predicted octanol–water partition coefficient (Wildman–Crippen LogP) is 7.16. The number of fused-ring (bicyclic) bond motifs is 1. The van der Waals surface area contributed by atoms with Crippen LogP contribution in [0, 0.1) is 0 Å². The Labute approximate surface area is 214 Å². The van der Waals surface area contributed by atoms with Crippen molar-refractivity contribution in [3.05, 3.63) is 17.6 Å². The third-order valence-corrected chi connectivity index (χ3v) is 17.6. The van der Waals surface area contributed by atoms with Crippen molar-refractivity contribution in [1.29, 1.82) is 0 Å². The second kappa shape index (κ2) is 9.52. The van der Waals surface area contributed by atoms with Crippen LogP contribution in [0.5, 0.6) is 6.01 Å². The molecule has 9 heteroatoms. The Morgan fingerprint density at radius 3 is 2.06 bits per heavy atom. The zero-order valence-corrected chi connectivity index (χ0v) is 26.0. The minimum Gasteiger partial charge on any atom is -0.517 e. The smallest absolute Gasteiger partial charge is 0.307 e. The summed E-state index contributed by atoms with van der Waals surface area (Å²) in [6, 6.07) is 0.545. The molecule has 1 fully saturated rings. The molecule has 6 nitrogen and oxygen atoms in total. The highest BCUT2D eigenvalue weighted by molar-refractivity contribution is 7.79. The van der Waals surface area contributed by atoms with E-state index in [1.165, 1.54) is 24.8 Å². The topological polar surface area (TPSA) is 61.5 Å². The second-order valence-corrected chi connectivity index (χ2v) is 23.0. The molecule has 0 amide bonds. The molecule has 0 aliphatic heterocycles. The number of hydrogen-bond acceptors (Lipinski definition) is 6. The SMILES string of the molecule is CC(C)(C)[Si](C)(C)OCC1(c2cnn3c(O[Si](C)(C)C(C)(C)C)nc(CS)nc23)CCCCC1. The lowest BCUT2D eigenvalue weighted by molar-refractivity contribution is 0.157. The predicted molar refractivity (Wildman–Crippen MR) is 149 cm³/mol. The molecule has 0 spiro atoms. The fraction of sp³-hybridized carbons (Fsp3) is 0.800. The average molecular weight is 523 g/mol. The molecule has 1 aliphatic carbocycles. The number of thiol groups is 1. The van der Waals surface area contributed by atoms with E-state index in [0.717, 1.165) is 25.1 Å². The summed E-state index contributed by atoms with van der Waals surface area (Å²) in [6.07, 6.45) is 7.89. The molecule has 192 valence electrons. The summed E-state index contributed by atoms with van der Waals surface area (Å²) in [5.74, 6) is 1.14. The highest BCUT2D eigenvalue weighted by Gasteiger charge is 2.44. The van der Waals surface area contributed by atoms with Gasteiger partial charge in [0.15, 0.2) is 14.0 Å². The molecule has 2 aromatic heterocycles. The van der Waals surface area contributed by atoms with Crippen molar-refractivity contribution < 1.29 is 8.85 Å². The fourth-order valence-corrected chi connectivity index (χ4v) is 6.15. The molecule has 0 radical (unpaired) electrons. The Morgan fingerprint density at radius 1 is 0.941 bits per heavy atom. The summed E-state index contributed by atoms with van der Waals surface area (Å²) in [5, 5.41) is 5.03. The molecule has 2 aromatic rings. The lowest BCUT2D eigenvalue weighted by Gasteiger charge is -2.42. The van der Waals surface area contributed by atoms with E-state index in [0.29, 0.717) is 17.6 Å². The van der Waals surface area contributed by atoms with E-state index in [2.05, 4.69) is 80.4 Å². The summed E-state index contributed by atoms with van der Waals surface area (Å²) >= 11 is 4.51. The quantitative estimate of drug-likeness (QED) is 0.309. The van der Waals surface area contributed by atoms with Crippen LogP contribution in [-0.4, -0.2) is 42.8 Å². The van der Waals surface area contributed by atoms with Gasteiger partial charge in [-0.1, -0.05) is 60.8 Å². The van der Waals surface area contributed by atoms with E-state index in [1.807, 2.05) is 10.7 Å². The standard InChI is InChI=1S/C25H46N4O2SSi2/c1-23(2,3)33(7,8)30-18-25(14-12-11-13-15-25)19-16-26-29-21(19)27-20(17-32)28-22(29)31-34(9,10)24(4,5)6/h16,32H,11-15,17-18H2,1-10H3. The van der Waals surface area contributed by atoms with Gasteiger partial charge in [-0.25, -0.2) is 4.98 Å². The zero-order valence-electron chi connectivity index (χ0n) is 23.1. The Hall–Kier alpha value is -0.906. The van der Waals surface area contributed by atoms with Crippen LogP contribution >= 0.6 is 12.6 Å². The maximum absolute atomic E-state index is 6.84. The highest BCUT2D eigenvalue weighted by Crippen LogP contribution is 2.45. The molecule has 3 rings (SSSR count). The number of rotatable bonds is 7. The molecule has 0 N–H and O–H groups in total. The van der Waals surface area contributed by atoms with E-state index in [9.17, 15) is 0 Å². The van der Waals surface area contributed by atoms with E-state index < -0.39 is 16.6 Å². The first-order valence-electron chi connectivity index (χ1n) is 12.7.